The number of nitrogens with zero attached hydrogens (tertiary/aromatic N) is 2. The Hall–Kier alpha value is -3.70. The van der Waals surface area contributed by atoms with Crippen molar-refractivity contribution in [1.82, 2.24) is 4.90 Å². The standard InChI is InChI=1S/C25H27N3O7S/c1-32-19-14-21(34-3)20(33-2)12-16(19)13-22-24(30)28(25(31)36-22)15-23(29)26-17-6-4-5-7-18(17)27-8-10-35-11-9-27/h4-7,12-14H,8-11,15H2,1-3H3,(H,26,29)/b22-13+. The van der Waals surface area contributed by atoms with Gasteiger partial charge < -0.3 is 29.2 Å². The highest BCUT2D eigenvalue weighted by Gasteiger charge is 2.36. The lowest BCUT2D eigenvalue weighted by molar-refractivity contribution is -0.127. The second-order valence-corrected chi connectivity index (χ2v) is 8.87. The van der Waals surface area contributed by atoms with Crippen LogP contribution in [0.5, 0.6) is 17.2 Å². The van der Waals surface area contributed by atoms with E-state index in [2.05, 4.69) is 10.2 Å². The van der Waals surface area contributed by atoms with E-state index in [-0.39, 0.29) is 4.91 Å². The number of carbonyl (C=O) groups is 3. The van der Waals surface area contributed by atoms with Crippen molar-refractivity contribution in [2.75, 3.05) is 64.4 Å². The summed E-state index contributed by atoms with van der Waals surface area (Å²) in [6, 6.07) is 10.7. The number of hydrogen-bond acceptors (Lipinski definition) is 9. The van der Waals surface area contributed by atoms with Crippen molar-refractivity contribution in [3.63, 3.8) is 0 Å². The Labute approximate surface area is 213 Å². The van der Waals surface area contributed by atoms with E-state index in [0.29, 0.717) is 54.8 Å². The highest BCUT2D eigenvalue weighted by atomic mass is 32.2. The van der Waals surface area contributed by atoms with Gasteiger partial charge in [0.05, 0.1) is 50.8 Å². The minimum absolute atomic E-state index is 0.173. The van der Waals surface area contributed by atoms with Crippen LogP contribution in [0.25, 0.3) is 6.08 Å². The molecular weight excluding hydrogens is 486 g/mol. The maximum Gasteiger partial charge on any atom is 0.294 e. The summed E-state index contributed by atoms with van der Waals surface area (Å²) < 4.78 is 21.4. The molecule has 0 unspecified atom stereocenters. The Morgan fingerprint density at radius 3 is 2.39 bits per heavy atom. The van der Waals surface area contributed by atoms with Crippen molar-refractivity contribution in [3.8, 4) is 17.2 Å². The molecule has 36 heavy (non-hydrogen) atoms. The Morgan fingerprint density at radius 2 is 1.69 bits per heavy atom. The number of carbonyl (C=O) groups excluding carboxylic acids is 3. The van der Waals surface area contributed by atoms with Gasteiger partial charge in [-0.3, -0.25) is 19.3 Å². The molecule has 0 saturated carbocycles. The van der Waals surface area contributed by atoms with Gasteiger partial charge in [-0.1, -0.05) is 12.1 Å². The summed E-state index contributed by atoms with van der Waals surface area (Å²) in [5.41, 5.74) is 2.01. The number of ether oxygens (including phenoxy) is 4. The topological polar surface area (TPSA) is 107 Å². The molecular formula is C25H27N3O7S. The van der Waals surface area contributed by atoms with Crippen LogP contribution in [-0.2, 0) is 14.3 Å². The molecule has 2 fully saturated rings. The first-order chi connectivity index (χ1) is 17.4. The summed E-state index contributed by atoms with van der Waals surface area (Å²) >= 11 is 0.762. The third-order valence-electron chi connectivity index (χ3n) is 5.73. The number of para-hydroxylation sites is 2. The first-order valence-electron chi connectivity index (χ1n) is 11.2. The van der Waals surface area contributed by atoms with Crippen LogP contribution in [0.15, 0.2) is 41.3 Å². The van der Waals surface area contributed by atoms with Crippen LogP contribution in [0.1, 0.15) is 5.56 Å². The van der Waals surface area contributed by atoms with Crippen LogP contribution in [-0.4, -0.2) is 76.1 Å². The van der Waals surface area contributed by atoms with Gasteiger partial charge in [-0.2, -0.15) is 0 Å². The van der Waals surface area contributed by atoms with E-state index >= 15 is 0 Å². The quantitative estimate of drug-likeness (QED) is 0.533. The number of thioether (sulfide) groups is 1. The fourth-order valence-electron chi connectivity index (χ4n) is 3.94. The zero-order chi connectivity index (χ0) is 25.7. The first-order valence-corrected chi connectivity index (χ1v) is 12.0. The second-order valence-electron chi connectivity index (χ2n) is 7.88. The fourth-order valence-corrected chi connectivity index (χ4v) is 4.77. The zero-order valence-corrected chi connectivity index (χ0v) is 21.1. The molecule has 0 atom stereocenters. The van der Waals surface area contributed by atoms with Crippen LogP contribution in [0.4, 0.5) is 16.2 Å². The number of benzene rings is 2. The molecule has 2 heterocycles. The smallest absolute Gasteiger partial charge is 0.294 e. The molecule has 3 amide bonds. The molecule has 0 spiro atoms. The Morgan fingerprint density at radius 1 is 1.03 bits per heavy atom. The highest BCUT2D eigenvalue weighted by Crippen LogP contribution is 2.39. The number of amides is 3. The summed E-state index contributed by atoms with van der Waals surface area (Å²) in [5.74, 6) is 0.328. The molecule has 0 bridgehead atoms. The molecule has 2 aliphatic rings. The number of morpholine rings is 1. The van der Waals surface area contributed by atoms with Crippen molar-refractivity contribution in [2.24, 2.45) is 0 Å². The SMILES string of the molecule is COc1cc(OC)c(OC)cc1/C=C1/SC(=O)N(CC(=O)Nc2ccccc2N2CCOCC2)C1=O. The summed E-state index contributed by atoms with van der Waals surface area (Å²) in [5, 5.41) is 2.31. The number of imide groups is 1. The minimum atomic E-state index is -0.557. The lowest BCUT2D eigenvalue weighted by Gasteiger charge is -2.30. The van der Waals surface area contributed by atoms with Crippen LogP contribution in [0.2, 0.25) is 0 Å². The third-order valence-corrected chi connectivity index (χ3v) is 6.64. The van der Waals surface area contributed by atoms with Crippen molar-refractivity contribution in [3.05, 3.63) is 46.9 Å². The van der Waals surface area contributed by atoms with Gasteiger partial charge >= 0.3 is 0 Å². The van der Waals surface area contributed by atoms with Crippen molar-refractivity contribution >= 4 is 46.3 Å². The average molecular weight is 514 g/mol. The Bertz CT molecular complexity index is 1190. The Balaban J connectivity index is 1.49. The molecule has 1 N–H and O–H groups in total. The van der Waals surface area contributed by atoms with Crippen LogP contribution < -0.4 is 24.4 Å². The predicted molar refractivity (Wildman–Crippen MR) is 137 cm³/mol. The first kappa shape index (κ1) is 25.4. The lowest BCUT2D eigenvalue weighted by atomic mass is 10.1. The monoisotopic (exact) mass is 513 g/mol. The van der Waals surface area contributed by atoms with Gasteiger partial charge in [-0.15, -0.1) is 0 Å². The van der Waals surface area contributed by atoms with Crippen LogP contribution in [0, 0.1) is 0 Å². The highest BCUT2D eigenvalue weighted by molar-refractivity contribution is 8.18. The van der Waals surface area contributed by atoms with E-state index in [1.807, 2.05) is 18.2 Å². The van der Waals surface area contributed by atoms with Gasteiger partial charge in [0.15, 0.2) is 11.5 Å². The normalized spacial score (nSPS) is 16.9. The van der Waals surface area contributed by atoms with E-state index < -0.39 is 23.6 Å². The van der Waals surface area contributed by atoms with Crippen molar-refractivity contribution in [2.45, 2.75) is 0 Å². The van der Waals surface area contributed by atoms with E-state index in [1.165, 1.54) is 27.4 Å². The maximum atomic E-state index is 13.0. The van der Waals surface area contributed by atoms with Crippen molar-refractivity contribution < 1.29 is 33.3 Å². The summed E-state index contributed by atoms with van der Waals surface area (Å²) in [4.78, 5) is 41.7. The molecule has 0 radical (unpaired) electrons. The average Bonchev–Trinajstić information content (AvgIpc) is 3.16. The van der Waals surface area contributed by atoms with E-state index in [1.54, 1.807) is 18.2 Å². The number of methoxy groups -OCH3 is 3. The van der Waals surface area contributed by atoms with E-state index in [0.717, 1.165) is 22.3 Å². The van der Waals surface area contributed by atoms with Crippen molar-refractivity contribution in [1.29, 1.82) is 0 Å². The van der Waals surface area contributed by atoms with Gasteiger partial charge in [0.2, 0.25) is 5.91 Å². The predicted octanol–water partition coefficient (Wildman–Crippen LogP) is 3.22. The van der Waals surface area contributed by atoms with E-state index in [4.69, 9.17) is 18.9 Å². The number of hydrogen-bond donors (Lipinski definition) is 1. The molecule has 4 rings (SSSR count). The summed E-state index contributed by atoms with van der Waals surface area (Å²) in [6.45, 7) is 2.23. The van der Waals surface area contributed by atoms with Gasteiger partial charge in [-0.25, -0.2) is 0 Å². The number of anilines is 2. The van der Waals surface area contributed by atoms with Crippen LogP contribution in [0.3, 0.4) is 0 Å². The molecule has 190 valence electrons. The molecule has 10 nitrogen and oxygen atoms in total. The Kier molecular flexibility index (Phi) is 8.01. The van der Waals surface area contributed by atoms with E-state index in [9.17, 15) is 14.4 Å². The zero-order valence-electron chi connectivity index (χ0n) is 20.2. The molecule has 2 aliphatic heterocycles. The molecule has 0 aromatic heterocycles. The maximum absolute atomic E-state index is 13.0. The van der Waals surface area contributed by atoms with Gasteiger partial charge in [0.25, 0.3) is 11.1 Å². The second kappa shape index (κ2) is 11.4. The van der Waals surface area contributed by atoms with Gasteiger partial charge in [0.1, 0.15) is 12.3 Å². The molecule has 2 aromatic rings. The largest absolute Gasteiger partial charge is 0.496 e. The minimum Gasteiger partial charge on any atom is -0.496 e. The van der Waals surface area contributed by atoms with Gasteiger partial charge in [0, 0.05) is 24.7 Å². The van der Waals surface area contributed by atoms with Crippen LogP contribution >= 0.6 is 11.8 Å². The number of nitrogens with one attached hydrogen (secondary N) is 1. The number of rotatable bonds is 8. The molecule has 0 aliphatic carbocycles. The van der Waals surface area contributed by atoms with Gasteiger partial charge in [-0.05, 0) is 36.0 Å². The third kappa shape index (κ3) is 5.42. The fraction of sp³-hybridized carbons (Fsp3) is 0.320. The summed E-state index contributed by atoms with van der Waals surface area (Å²) in [7, 11) is 4.49. The summed E-state index contributed by atoms with van der Waals surface area (Å²) in [6.07, 6.45) is 1.54. The molecule has 11 heteroatoms. The lowest BCUT2D eigenvalue weighted by Crippen LogP contribution is -2.38. The molecule has 2 saturated heterocycles. The molecule has 2 aromatic carbocycles.